The summed E-state index contributed by atoms with van der Waals surface area (Å²) in [5, 5.41) is 7.14. The van der Waals surface area contributed by atoms with Crippen molar-refractivity contribution in [2.45, 2.75) is 50.6 Å². The van der Waals surface area contributed by atoms with Crippen molar-refractivity contribution in [1.82, 2.24) is 15.5 Å². The van der Waals surface area contributed by atoms with E-state index >= 15 is 0 Å². The van der Waals surface area contributed by atoms with Crippen LogP contribution in [-0.4, -0.2) is 62.7 Å². The summed E-state index contributed by atoms with van der Waals surface area (Å²) in [5.74, 6) is 2.52. The van der Waals surface area contributed by atoms with Crippen LogP contribution in [0.2, 0.25) is 0 Å². The number of ether oxygens (including phenoxy) is 1. The summed E-state index contributed by atoms with van der Waals surface area (Å²) in [6.45, 7) is 1.80. The molecule has 3 aliphatic rings. The maximum Gasteiger partial charge on any atom is 0.243 e. The number of aliphatic imine (C=N–C) groups is 1. The van der Waals surface area contributed by atoms with Gasteiger partial charge in [-0.1, -0.05) is 6.42 Å². The SMILES string of the molecule is CN(C)C(=O)CN=C(NC1CCOCC1)NC1CC2CCC1C2.I. The van der Waals surface area contributed by atoms with Gasteiger partial charge in [0.1, 0.15) is 6.54 Å². The van der Waals surface area contributed by atoms with Crippen LogP contribution < -0.4 is 10.6 Å². The minimum absolute atomic E-state index is 0. The fourth-order valence-corrected chi connectivity index (χ4v) is 4.05. The van der Waals surface area contributed by atoms with E-state index in [4.69, 9.17) is 4.74 Å². The van der Waals surface area contributed by atoms with Crippen molar-refractivity contribution >= 4 is 35.8 Å². The molecule has 24 heavy (non-hydrogen) atoms. The standard InChI is InChI=1S/C17H30N4O2.HI/c1-21(2)16(22)11-18-17(19-14-5-7-23-8-6-14)20-15-10-12-3-4-13(15)9-12;/h12-15H,3-11H2,1-2H3,(H2,18,19,20);1H. The van der Waals surface area contributed by atoms with Crippen molar-refractivity contribution < 1.29 is 9.53 Å². The van der Waals surface area contributed by atoms with E-state index in [-0.39, 0.29) is 36.4 Å². The van der Waals surface area contributed by atoms with E-state index in [9.17, 15) is 4.79 Å². The van der Waals surface area contributed by atoms with Crippen molar-refractivity contribution in [3.8, 4) is 0 Å². The van der Waals surface area contributed by atoms with Crippen LogP contribution in [0.1, 0.15) is 38.5 Å². The Balaban J connectivity index is 0.00000208. The van der Waals surface area contributed by atoms with Gasteiger partial charge in [-0.2, -0.15) is 0 Å². The molecule has 7 heteroatoms. The van der Waals surface area contributed by atoms with E-state index in [1.54, 1.807) is 19.0 Å². The molecule has 1 aliphatic heterocycles. The van der Waals surface area contributed by atoms with Gasteiger partial charge in [-0.25, -0.2) is 4.99 Å². The number of hydrogen-bond donors (Lipinski definition) is 2. The number of nitrogens with zero attached hydrogens (tertiary/aromatic N) is 2. The first kappa shape index (κ1) is 19.8. The van der Waals surface area contributed by atoms with Gasteiger partial charge in [0.05, 0.1) is 0 Å². The Morgan fingerprint density at radius 2 is 1.88 bits per heavy atom. The molecule has 2 saturated carbocycles. The number of rotatable bonds is 4. The molecule has 3 rings (SSSR count). The molecule has 1 saturated heterocycles. The van der Waals surface area contributed by atoms with E-state index < -0.39 is 0 Å². The minimum Gasteiger partial charge on any atom is -0.381 e. The van der Waals surface area contributed by atoms with Crippen LogP contribution in [0.5, 0.6) is 0 Å². The van der Waals surface area contributed by atoms with E-state index in [1.807, 2.05) is 0 Å². The highest BCUT2D eigenvalue weighted by Crippen LogP contribution is 2.44. The van der Waals surface area contributed by atoms with Gasteiger partial charge in [0, 0.05) is 39.4 Å². The number of hydrogen-bond acceptors (Lipinski definition) is 3. The first-order valence-electron chi connectivity index (χ1n) is 8.97. The molecule has 2 aliphatic carbocycles. The second-order valence-corrected chi connectivity index (χ2v) is 7.41. The molecular weight excluding hydrogens is 419 g/mol. The molecule has 0 radical (unpaired) electrons. The monoisotopic (exact) mass is 450 g/mol. The topological polar surface area (TPSA) is 66.0 Å². The molecule has 3 unspecified atom stereocenters. The van der Waals surface area contributed by atoms with Crippen molar-refractivity contribution in [2.75, 3.05) is 33.9 Å². The van der Waals surface area contributed by atoms with Crippen LogP contribution in [0.15, 0.2) is 4.99 Å². The summed E-state index contributed by atoms with van der Waals surface area (Å²) in [7, 11) is 3.54. The van der Waals surface area contributed by atoms with Gasteiger partial charge < -0.3 is 20.3 Å². The van der Waals surface area contributed by atoms with Gasteiger partial charge in [-0.15, -0.1) is 24.0 Å². The third-order valence-electron chi connectivity index (χ3n) is 5.49. The zero-order valence-electron chi connectivity index (χ0n) is 14.8. The van der Waals surface area contributed by atoms with Gasteiger partial charge in [-0.3, -0.25) is 4.79 Å². The van der Waals surface area contributed by atoms with E-state index in [2.05, 4.69) is 15.6 Å². The van der Waals surface area contributed by atoms with Gasteiger partial charge in [0.25, 0.3) is 0 Å². The zero-order valence-corrected chi connectivity index (χ0v) is 17.1. The molecule has 3 fully saturated rings. The number of carbonyl (C=O) groups is 1. The maximum absolute atomic E-state index is 11.8. The Bertz CT molecular complexity index is 452. The summed E-state index contributed by atoms with van der Waals surface area (Å²) in [4.78, 5) is 18.0. The molecule has 0 aromatic rings. The van der Waals surface area contributed by atoms with Crippen LogP contribution in [-0.2, 0) is 9.53 Å². The quantitative estimate of drug-likeness (QED) is 0.388. The largest absolute Gasteiger partial charge is 0.381 e. The molecule has 6 nitrogen and oxygen atoms in total. The predicted octanol–water partition coefficient (Wildman–Crippen LogP) is 1.60. The van der Waals surface area contributed by atoms with Gasteiger partial charge in [-0.05, 0) is 43.9 Å². The fraction of sp³-hybridized carbons (Fsp3) is 0.882. The first-order chi connectivity index (χ1) is 11.1. The molecule has 0 spiro atoms. The number of guanidine groups is 1. The van der Waals surface area contributed by atoms with Gasteiger partial charge in [0.2, 0.25) is 5.91 Å². The average molecular weight is 450 g/mol. The van der Waals surface area contributed by atoms with Crippen molar-refractivity contribution in [3.63, 3.8) is 0 Å². The molecule has 0 aromatic heterocycles. The highest BCUT2D eigenvalue weighted by molar-refractivity contribution is 14.0. The Morgan fingerprint density at radius 1 is 1.12 bits per heavy atom. The lowest BCUT2D eigenvalue weighted by molar-refractivity contribution is -0.127. The van der Waals surface area contributed by atoms with Crippen molar-refractivity contribution in [3.05, 3.63) is 0 Å². The van der Waals surface area contributed by atoms with E-state index in [0.717, 1.165) is 43.9 Å². The summed E-state index contributed by atoms with van der Waals surface area (Å²) in [6, 6.07) is 0.914. The first-order valence-corrected chi connectivity index (χ1v) is 8.97. The molecule has 138 valence electrons. The van der Waals surface area contributed by atoms with Crippen LogP contribution in [0.25, 0.3) is 0 Å². The molecule has 2 bridgehead atoms. The summed E-state index contributed by atoms with van der Waals surface area (Å²) in [6.07, 6.45) is 7.34. The Hall–Kier alpha value is -0.570. The minimum atomic E-state index is 0. The predicted molar refractivity (Wildman–Crippen MR) is 106 cm³/mol. The highest BCUT2D eigenvalue weighted by atomic mass is 127. The van der Waals surface area contributed by atoms with Crippen LogP contribution >= 0.6 is 24.0 Å². The number of fused-ring (bicyclic) bond motifs is 2. The molecular formula is C17H31IN4O2. The third kappa shape index (κ3) is 5.21. The number of likely N-dealkylation sites (N-methyl/N-ethyl adjacent to an activating group) is 1. The lowest BCUT2D eigenvalue weighted by Gasteiger charge is -2.29. The van der Waals surface area contributed by atoms with E-state index in [0.29, 0.717) is 12.1 Å². The molecule has 1 heterocycles. The van der Waals surface area contributed by atoms with Gasteiger partial charge in [0.15, 0.2) is 5.96 Å². The third-order valence-corrected chi connectivity index (χ3v) is 5.49. The van der Waals surface area contributed by atoms with Crippen molar-refractivity contribution in [1.29, 1.82) is 0 Å². The Kier molecular flexibility index (Phi) is 7.59. The smallest absolute Gasteiger partial charge is 0.243 e. The average Bonchev–Trinajstić information content (AvgIpc) is 3.16. The number of nitrogens with one attached hydrogen (secondary N) is 2. The maximum atomic E-state index is 11.8. The molecule has 2 N–H and O–H groups in total. The summed E-state index contributed by atoms with van der Waals surface area (Å²) < 4.78 is 5.42. The molecule has 1 amide bonds. The van der Waals surface area contributed by atoms with Gasteiger partial charge >= 0.3 is 0 Å². The Morgan fingerprint density at radius 3 is 2.46 bits per heavy atom. The van der Waals surface area contributed by atoms with Crippen LogP contribution in [0, 0.1) is 11.8 Å². The zero-order chi connectivity index (χ0) is 16.2. The fourth-order valence-electron chi connectivity index (χ4n) is 4.05. The second kappa shape index (κ2) is 9.22. The number of amides is 1. The van der Waals surface area contributed by atoms with Crippen molar-refractivity contribution in [2.24, 2.45) is 16.8 Å². The normalized spacial score (nSPS) is 29.9. The summed E-state index contributed by atoms with van der Waals surface area (Å²) in [5.41, 5.74) is 0. The summed E-state index contributed by atoms with van der Waals surface area (Å²) >= 11 is 0. The van der Waals surface area contributed by atoms with Crippen LogP contribution in [0.3, 0.4) is 0 Å². The number of carbonyl (C=O) groups excluding carboxylic acids is 1. The Labute approximate surface area is 162 Å². The second-order valence-electron chi connectivity index (χ2n) is 7.41. The molecule has 3 atom stereocenters. The lowest BCUT2D eigenvalue weighted by atomic mass is 9.95. The van der Waals surface area contributed by atoms with E-state index in [1.165, 1.54) is 25.7 Å². The molecule has 0 aromatic carbocycles. The number of halogens is 1. The highest BCUT2D eigenvalue weighted by Gasteiger charge is 2.40. The van der Waals surface area contributed by atoms with Crippen LogP contribution in [0.4, 0.5) is 0 Å². The lowest BCUT2D eigenvalue weighted by Crippen LogP contribution is -2.50.